The van der Waals surface area contributed by atoms with Crippen molar-refractivity contribution in [3.8, 4) is 0 Å². The topological polar surface area (TPSA) is 57.6 Å². The van der Waals surface area contributed by atoms with Crippen LogP contribution in [0.3, 0.4) is 0 Å². The number of quaternary nitrogens is 1. The Labute approximate surface area is 135 Å². The highest BCUT2D eigenvalue weighted by molar-refractivity contribution is 5.94. The van der Waals surface area contributed by atoms with Gasteiger partial charge in [-0.15, -0.1) is 0 Å². The third-order valence-electron chi connectivity index (χ3n) is 4.83. The van der Waals surface area contributed by atoms with Gasteiger partial charge in [-0.3, -0.25) is 4.79 Å². The molecule has 126 valence electrons. The maximum absolute atomic E-state index is 13.0. The summed E-state index contributed by atoms with van der Waals surface area (Å²) in [5, 5.41) is 9.74. The molecular formula is C17H24FN2O3+. The highest BCUT2D eigenvalue weighted by Crippen LogP contribution is 2.30. The van der Waals surface area contributed by atoms with Crippen LogP contribution in [-0.4, -0.2) is 57.7 Å². The minimum absolute atomic E-state index is 0.0681. The minimum atomic E-state index is -0.863. The first-order valence-corrected chi connectivity index (χ1v) is 7.76. The van der Waals surface area contributed by atoms with Gasteiger partial charge in [0.2, 0.25) is 0 Å². The highest BCUT2D eigenvalue weighted by atomic mass is 19.1. The Morgan fingerprint density at radius 2 is 1.83 bits per heavy atom. The lowest BCUT2D eigenvalue weighted by Gasteiger charge is -2.50. The minimum Gasteiger partial charge on any atom is -0.435 e. The summed E-state index contributed by atoms with van der Waals surface area (Å²) in [5.41, 5.74) is -0.0326. The molecule has 1 aromatic carbocycles. The summed E-state index contributed by atoms with van der Waals surface area (Å²) >= 11 is 0. The van der Waals surface area contributed by atoms with Gasteiger partial charge in [0.15, 0.2) is 0 Å². The Morgan fingerprint density at radius 1 is 1.26 bits per heavy atom. The smallest absolute Gasteiger partial charge is 0.435 e. The Hall–Kier alpha value is -1.95. The van der Waals surface area contributed by atoms with E-state index >= 15 is 0 Å². The molecule has 1 aliphatic heterocycles. The predicted molar refractivity (Wildman–Crippen MR) is 84.7 cm³/mol. The van der Waals surface area contributed by atoms with Crippen LogP contribution in [0.4, 0.5) is 9.18 Å². The maximum Gasteiger partial charge on any atom is 0.514 e. The number of piperazine rings is 1. The molecule has 0 spiro atoms. The molecule has 1 unspecified atom stereocenters. The van der Waals surface area contributed by atoms with E-state index in [1.165, 1.54) is 24.3 Å². The SMILES string of the molecule is C[C@H]1C[N+](C(=O)O)(C(C)(C)C)CCN1C(=O)c1ccc(F)cc1. The molecule has 0 aliphatic carbocycles. The van der Waals surface area contributed by atoms with Gasteiger partial charge in [0.25, 0.3) is 5.91 Å². The van der Waals surface area contributed by atoms with Gasteiger partial charge in [0, 0.05) is 5.56 Å². The number of carbonyl (C=O) groups excluding carboxylic acids is 1. The van der Waals surface area contributed by atoms with E-state index in [1.54, 1.807) is 4.90 Å². The third kappa shape index (κ3) is 3.08. The molecule has 0 saturated carbocycles. The molecule has 1 fully saturated rings. The standard InChI is InChI=1S/C17H23FN2O3/c1-12-11-20(16(22)23,17(2,3)4)10-9-19(12)15(21)13-5-7-14(18)8-6-13/h5-8,12H,9-11H2,1-4H3/p+1/t12-,20?/m0/s1. The first kappa shape index (κ1) is 17.4. The van der Waals surface area contributed by atoms with Crippen LogP contribution in [0.25, 0.3) is 0 Å². The van der Waals surface area contributed by atoms with E-state index in [0.717, 1.165) is 0 Å². The Kier molecular flexibility index (Phi) is 4.48. The van der Waals surface area contributed by atoms with E-state index in [9.17, 15) is 19.1 Å². The number of halogens is 1. The zero-order chi connectivity index (χ0) is 17.4. The summed E-state index contributed by atoms with van der Waals surface area (Å²) < 4.78 is 12.9. The summed E-state index contributed by atoms with van der Waals surface area (Å²) in [6.07, 6.45) is -0.863. The second-order valence-electron chi connectivity index (χ2n) is 7.18. The second kappa shape index (κ2) is 5.92. The largest absolute Gasteiger partial charge is 0.514 e. The first-order valence-electron chi connectivity index (χ1n) is 7.76. The van der Waals surface area contributed by atoms with E-state index in [-0.39, 0.29) is 22.2 Å². The van der Waals surface area contributed by atoms with Crippen LogP contribution in [0, 0.1) is 5.82 Å². The van der Waals surface area contributed by atoms with Crippen molar-refractivity contribution in [3.63, 3.8) is 0 Å². The Balaban J connectivity index is 2.23. The number of carbonyl (C=O) groups is 2. The van der Waals surface area contributed by atoms with E-state index in [2.05, 4.69) is 0 Å². The van der Waals surface area contributed by atoms with Gasteiger partial charge in [-0.1, -0.05) is 0 Å². The van der Waals surface area contributed by atoms with Gasteiger partial charge < -0.3 is 10.0 Å². The van der Waals surface area contributed by atoms with Crippen molar-refractivity contribution in [3.05, 3.63) is 35.6 Å². The van der Waals surface area contributed by atoms with Crippen LogP contribution >= 0.6 is 0 Å². The lowest BCUT2D eigenvalue weighted by molar-refractivity contribution is -0.909. The highest BCUT2D eigenvalue weighted by Gasteiger charge is 2.52. The van der Waals surface area contributed by atoms with Gasteiger partial charge in [0.1, 0.15) is 24.4 Å². The van der Waals surface area contributed by atoms with Crippen molar-refractivity contribution in [2.24, 2.45) is 0 Å². The molecule has 1 aromatic rings. The third-order valence-corrected chi connectivity index (χ3v) is 4.83. The molecule has 2 amide bonds. The molecule has 1 heterocycles. The second-order valence-corrected chi connectivity index (χ2v) is 7.18. The predicted octanol–water partition coefficient (Wildman–Crippen LogP) is 2.96. The van der Waals surface area contributed by atoms with Gasteiger partial charge in [-0.25, -0.2) is 8.87 Å². The molecule has 5 nitrogen and oxygen atoms in total. The fraction of sp³-hybridized carbons (Fsp3) is 0.529. The molecule has 1 aliphatic rings. The normalized spacial score (nSPS) is 25.3. The lowest BCUT2D eigenvalue weighted by atomic mass is 9.97. The molecule has 0 bridgehead atoms. The summed E-state index contributed by atoms with van der Waals surface area (Å²) in [7, 11) is 0. The molecule has 2 atom stereocenters. The Morgan fingerprint density at radius 3 is 2.26 bits per heavy atom. The average molecular weight is 323 g/mol. The van der Waals surface area contributed by atoms with Crippen molar-refractivity contribution < 1.29 is 23.6 Å². The number of hydrogen-bond acceptors (Lipinski definition) is 2. The van der Waals surface area contributed by atoms with Crippen molar-refractivity contribution in [2.75, 3.05) is 19.6 Å². The molecule has 0 radical (unpaired) electrons. The molecule has 0 aromatic heterocycles. The van der Waals surface area contributed by atoms with Gasteiger partial charge >= 0.3 is 6.09 Å². The zero-order valence-electron chi connectivity index (χ0n) is 14.0. The number of amides is 2. The van der Waals surface area contributed by atoms with Crippen molar-refractivity contribution >= 4 is 12.0 Å². The molecule has 23 heavy (non-hydrogen) atoms. The molecule has 1 saturated heterocycles. The number of nitrogens with zero attached hydrogens (tertiary/aromatic N) is 2. The van der Waals surface area contributed by atoms with Crippen molar-refractivity contribution in [2.45, 2.75) is 39.3 Å². The monoisotopic (exact) mass is 323 g/mol. The van der Waals surface area contributed by atoms with Crippen LogP contribution in [0.2, 0.25) is 0 Å². The van der Waals surface area contributed by atoms with E-state index < -0.39 is 11.6 Å². The number of rotatable bonds is 1. The summed E-state index contributed by atoms with van der Waals surface area (Å²) in [6.45, 7) is 8.66. The van der Waals surface area contributed by atoms with Gasteiger partial charge in [0.05, 0.1) is 12.6 Å². The van der Waals surface area contributed by atoms with Crippen molar-refractivity contribution in [1.82, 2.24) is 4.90 Å². The van der Waals surface area contributed by atoms with E-state index in [4.69, 9.17) is 0 Å². The first-order chi connectivity index (χ1) is 10.6. The van der Waals surface area contributed by atoms with Gasteiger partial charge in [-0.05, 0) is 52.0 Å². The van der Waals surface area contributed by atoms with Crippen LogP contribution in [0.15, 0.2) is 24.3 Å². The quantitative estimate of drug-likeness (QED) is 0.808. The number of benzene rings is 1. The number of hydrogen-bond donors (Lipinski definition) is 1. The zero-order valence-corrected chi connectivity index (χ0v) is 14.0. The molecule has 6 heteroatoms. The fourth-order valence-electron chi connectivity index (χ4n) is 3.27. The summed E-state index contributed by atoms with van der Waals surface area (Å²) in [5.74, 6) is -0.572. The van der Waals surface area contributed by atoms with Crippen LogP contribution in [-0.2, 0) is 0 Å². The molecule has 2 rings (SSSR count). The fourth-order valence-corrected chi connectivity index (χ4v) is 3.27. The lowest BCUT2D eigenvalue weighted by Crippen LogP contribution is -2.72. The van der Waals surface area contributed by atoms with Crippen LogP contribution in [0.1, 0.15) is 38.1 Å². The summed E-state index contributed by atoms with van der Waals surface area (Å²) in [4.78, 5) is 26.2. The van der Waals surface area contributed by atoms with Crippen molar-refractivity contribution in [1.29, 1.82) is 0 Å². The maximum atomic E-state index is 13.0. The average Bonchev–Trinajstić information content (AvgIpc) is 2.45. The molecular weight excluding hydrogens is 299 g/mol. The summed E-state index contributed by atoms with van der Waals surface area (Å²) in [6, 6.07) is 5.23. The van der Waals surface area contributed by atoms with Crippen LogP contribution < -0.4 is 0 Å². The van der Waals surface area contributed by atoms with E-state index in [0.29, 0.717) is 25.2 Å². The Bertz CT molecular complexity index is 609. The van der Waals surface area contributed by atoms with Gasteiger partial charge in [-0.2, -0.15) is 4.79 Å². The van der Waals surface area contributed by atoms with E-state index in [1.807, 2.05) is 27.7 Å². The molecule has 1 N–H and O–H groups in total. The number of carboxylic acid groups (broad SMARTS) is 1. The van der Waals surface area contributed by atoms with Crippen LogP contribution in [0.5, 0.6) is 0 Å².